The standard InChI is InChI=1S/C15H21NOS/c1-15(2)8-9-16(14(17)11-18-3)10-12-6-4-5-7-13(12)15/h4-7H,8-11H2,1-3H3. The van der Waals surface area contributed by atoms with E-state index >= 15 is 0 Å². The van der Waals surface area contributed by atoms with Gasteiger partial charge >= 0.3 is 0 Å². The van der Waals surface area contributed by atoms with E-state index in [4.69, 9.17) is 0 Å². The highest BCUT2D eigenvalue weighted by Crippen LogP contribution is 2.33. The lowest BCUT2D eigenvalue weighted by Crippen LogP contribution is -2.32. The summed E-state index contributed by atoms with van der Waals surface area (Å²) in [7, 11) is 0. The summed E-state index contributed by atoms with van der Waals surface area (Å²) in [6, 6.07) is 8.52. The third kappa shape index (κ3) is 2.72. The van der Waals surface area contributed by atoms with E-state index in [1.165, 1.54) is 11.1 Å². The number of thioether (sulfide) groups is 1. The Bertz CT molecular complexity index is 442. The van der Waals surface area contributed by atoms with Gasteiger partial charge in [-0.05, 0) is 29.2 Å². The van der Waals surface area contributed by atoms with Crippen molar-refractivity contribution in [3.05, 3.63) is 35.4 Å². The third-order valence-electron chi connectivity index (χ3n) is 3.73. The van der Waals surface area contributed by atoms with Crippen molar-refractivity contribution in [2.24, 2.45) is 0 Å². The maximum absolute atomic E-state index is 12.1. The number of fused-ring (bicyclic) bond motifs is 1. The number of hydrogen-bond acceptors (Lipinski definition) is 2. The number of nitrogens with zero attached hydrogens (tertiary/aromatic N) is 1. The number of rotatable bonds is 2. The van der Waals surface area contributed by atoms with E-state index in [2.05, 4.69) is 38.1 Å². The fourth-order valence-electron chi connectivity index (χ4n) is 2.58. The van der Waals surface area contributed by atoms with Crippen molar-refractivity contribution in [1.82, 2.24) is 4.90 Å². The smallest absolute Gasteiger partial charge is 0.232 e. The molecule has 0 aliphatic carbocycles. The first-order valence-electron chi connectivity index (χ1n) is 6.40. The first-order valence-corrected chi connectivity index (χ1v) is 7.79. The van der Waals surface area contributed by atoms with E-state index in [1.54, 1.807) is 11.8 Å². The Morgan fingerprint density at radius 3 is 2.83 bits per heavy atom. The molecule has 0 saturated carbocycles. The molecule has 0 radical (unpaired) electrons. The van der Waals surface area contributed by atoms with Crippen LogP contribution in [-0.4, -0.2) is 29.4 Å². The molecule has 98 valence electrons. The van der Waals surface area contributed by atoms with Crippen LogP contribution >= 0.6 is 11.8 Å². The molecule has 0 spiro atoms. The molecule has 0 aromatic heterocycles. The van der Waals surface area contributed by atoms with Crippen LogP contribution in [0.1, 0.15) is 31.4 Å². The van der Waals surface area contributed by atoms with Crippen molar-refractivity contribution in [3.8, 4) is 0 Å². The summed E-state index contributed by atoms with van der Waals surface area (Å²) in [4.78, 5) is 14.1. The maximum atomic E-state index is 12.1. The highest BCUT2D eigenvalue weighted by molar-refractivity contribution is 7.99. The van der Waals surface area contributed by atoms with Crippen LogP contribution in [-0.2, 0) is 16.8 Å². The SMILES string of the molecule is CSCC(=O)N1CCC(C)(C)c2ccccc2C1. The second-order valence-corrected chi connectivity index (χ2v) is 6.41. The zero-order chi connectivity index (χ0) is 13.2. The first kappa shape index (κ1) is 13.5. The number of amides is 1. The van der Waals surface area contributed by atoms with E-state index in [0.29, 0.717) is 5.75 Å². The van der Waals surface area contributed by atoms with Crippen molar-refractivity contribution in [3.63, 3.8) is 0 Å². The van der Waals surface area contributed by atoms with Gasteiger partial charge in [-0.15, -0.1) is 0 Å². The van der Waals surface area contributed by atoms with Gasteiger partial charge in [-0.1, -0.05) is 38.1 Å². The Morgan fingerprint density at radius 1 is 1.39 bits per heavy atom. The Kier molecular flexibility index (Phi) is 4.00. The molecule has 2 nitrogen and oxygen atoms in total. The van der Waals surface area contributed by atoms with Crippen LogP contribution in [0.25, 0.3) is 0 Å². The summed E-state index contributed by atoms with van der Waals surface area (Å²) in [5.41, 5.74) is 2.85. The minimum atomic E-state index is 0.158. The highest BCUT2D eigenvalue weighted by Gasteiger charge is 2.29. The average Bonchev–Trinajstić information content (AvgIpc) is 2.47. The topological polar surface area (TPSA) is 20.3 Å². The van der Waals surface area contributed by atoms with E-state index in [-0.39, 0.29) is 11.3 Å². The summed E-state index contributed by atoms with van der Waals surface area (Å²) >= 11 is 1.60. The molecular weight excluding hydrogens is 242 g/mol. The molecule has 3 heteroatoms. The predicted octanol–water partition coefficient (Wildman–Crippen LogP) is 3.06. The summed E-state index contributed by atoms with van der Waals surface area (Å²) < 4.78 is 0. The predicted molar refractivity (Wildman–Crippen MR) is 77.9 cm³/mol. The molecule has 0 N–H and O–H groups in total. The Labute approximate surface area is 114 Å². The fourth-order valence-corrected chi connectivity index (χ4v) is 3.01. The number of carbonyl (C=O) groups is 1. The van der Waals surface area contributed by atoms with Crippen LogP contribution in [0.2, 0.25) is 0 Å². The molecule has 0 fully saturated rings. The van der Waals surface area contributed by atoms with Crippen molar-refractivity contribution < 1.29 is 4.79 Å². The number of benzene rings is 1. The van der Waals surface area contributed by atoms with Crippen molar-refractivity contribution in [2.45, 2.75) is 32.2 Å². The van der Waals surface area contributed by atoms with Gasteiger partial charge in [0.25, 0.3) is 0 Å². The van der Waals surface area contributed by atoms with E-state index in [1.807, 2.05) is 11.2 Å². The highest BCUT2D eigenvalue weighted by atomic mass is 32.2. The van der Waals surface area contributed by atoms with Crippen molar-refractivity contribution >= 4 is 17.7 Å². The van der Waals surface area contributed by atoms with Gasteiger partial charge in [0.2, 0.25) is 5.91 Å². The molecule has 1 amide bonds. The maximum Gasteiger partial charge on any atom is 0.232 e. The molecule has 1 aromatic carbocycles. The zero-order valence-corrected chi connectivity index (χ0v) is 12.2. The summed E-state index contributed by atoms with van der Waals surface area (Å²) in [5.74, 6) is 0.845. The second kappa shape index (κ2) is 5.35. The Balaban J connectivity index is 2.28. The van der Waals surface area contributed by atoms with E-state index in [9.17, 15) is 4.79 Å². The fraction of sp³-hybridized carbons (Fsp3) is 0.533. The minimum absolute atomic E-state index is 0.158. The van der Waals surface area contributed by atoms with Gasteiger partial charge in [-0.3, -0.25) is 4.79 Å². The summed E-state index contributed by atoms with van der Waals surface area (Å²) in [6.45, 7) is 6.17. The molecule has 2 rings (SSSR count). The molecule has 1 aromatic rings. The van der Waals surface area contributed by atoms with Gasteiger partial charge in [-0.25, -0.2) is 0 Å². The van der Waals surface area contributed by atoms with Crippen LogP contribution in [0.3, 0.4) is 0 Å². The first-order chi connectivity index (χ1) is 8.54. The molecule has 0 saturated heterocycles. The average molecular weight is 263 g/mol. The molecule has 1 aliphatic rings. The molecule has 1 heterocycles. The molecule has 0 bridgehead atoms. The van der Waals surface area contributed by atoms with Crippen LogP contribution in [0.4, 0.5) is 0 Å². The zero-order valence-electron chi connectivity index (χ0n) is 11.4. The van der Waals surface area contributed by atoms with Gasteiger partial charge in [-0.2, -0.15) is 11.8 Å². The van der Waals surface area contributed by atoms with Gasteiger partial charge in [0, 0.05) is 13.1 Å². The van der Waals surface area contributed by atoms with Crippen molar-refractivity contribution in [2.75, 3.05) is 18.6 Å². The lowest BCUT2D eigenvalue weighted by molar-refractivity contribution is -0.129. The quantitative estimate of drug-likeness (QED) is 0.817. The summed E-state index contributed by atoms with van der Waals surface area (Å²) in [6.07, 6.45) is 3.01. The van der Waals surface area contributed by atoms with Crippen LogP contribution in [0.5, 0.6) is 0 Å². The van der Waals surface area contributed by atoms with Gasteiger partial charge in [0.1, 0.15) is 0 Å². The van der Waals surface area contributed by atoms with Gasteiger partial charge < -0.3 is 4.90 Å². The summed E-state index contributed by atoms with van der Waals surface area (Å²) in [5, 5.41) is 0. The lowest BCUT2D eigenvalue weighted by atomic mass is 9.80. The Hall–Kier alpha value is -0.960. The van der Waals surface area contributed by atoms with E-state index < -0.39 is 0 Å². The third-order valence-corrected chi connectivity index (χ3v) is 4.27. The Morgan fingerprint density at radius 2 is 2.11 bits per heavy atom. The normalized spacial score (nSPS) is 18.1. The molecule has 0 atom stereocenters. The van der Waals surface area contributed by atoms with E-state index in [0.717, 1.165) is 19.5 Å². The van der Waals surface area contributed by atoms with Crippen LogP contribution in [0.15, 0.2) is 24.3 Å². The molecular formula is C15H21NOS. The van der Waals surface area contributed by atoms with Crippen LogP contribution < -0.4 is 0 Å². The van der Waals surface area contributed by atoms with Crippen LogP contribution in [0, 0.1) is 0 Å². The molecule has 18 heavy (non-hydrogen) atoms. The molecule has 1 aliphatic heterocycles. The lowest BCUT2D eigenvalue weighted by Gasteiger charge is -2.25. The minimum Gasteiger partial charge on any atom is -0.338 e. The van der Waals surface area contributed by atoms with Crippen molar-refractivity contribution in [1.29, 1.82) is 0 Å². The second-order valence-electron chi connectivity index (χ2n) is 5.54. The number of carbonyl (C=O) groups excluding carboxylic acids is 1. The number of hydrogen-bond donors (Lipinski definition) is 0. The van der Waals surface area contributed by atoms with Gasteiger partial charge in [0.05, 0.1) is 5.75 Å². The van der Waals surface area contributed by atoms with Gasteiger partial charge in [0.15, 0.2) is 0 Å². The largest absolute Gasteiger partial charge is 0.338 e. The monoisotopic (exact) mass is 263 g/mol. The molecule has 0 unspecified atom stereocenters.